The molecule has 96 valence electrons. The van der Waals surface area contributed by atoms with Gasteiger partial charge in [-0.15, -0.1) is 0 Å². The maximum atomic E-state index is 5.96. The van der Waals surface area contributed by atoms with Crippen LogP contribution in [0.2, 0.25) is 0 Å². The number of rotatable bonds is 5. The van der Waals surface area contributed by atoms with E-state index in [-0.39, 0.29) is 6.04 Å². The number of aromatic nitrogens is 2. The van der Waals surface area contributed by atoms with Gasteiger partial charge in [-0.2, -0.15) is 0 Å². The Bertz CT molecular complexity index is 507. The van der Waals surface area contributed by atoms with Crippen molar-refractivity contribution in [3.8, 4) is 17.0 Å². The Labute approximate surface area is 107 Å². The van der Waals surface area contributed by atoms with Crippen molar-refractivity contribution in [1.29, 1.82) is 0 Å². The average molecular weight is 245 g/mol. The molecule has 4 heteroatoms. The van der Waals surface area contributed by atoms with Gasteiger partial charge in [-0.3, -0.25) is 0 Å². The van der Waals surface area contributed by atoms with Gasteiger partial charge in [0, 0.05) is 5.56 Å². The van der Waals surface area contributed by atoms with Gasteiger partial charge < -0.3 is 15.5 Å². The molecule has 0 fully saturated rings. The summed E-state index contributed by atoms with van der Waals surface area (Å²) in [4.78, 5) is 7.59. The van der Waals surface area contributed by atoms with Crippen LogP contribution in [0.5, 0.6) is 5.75 Å². The molecular formula is C14H19N3O. The molecule has 0 spiro atoms. The molecule has 1 heterocycles. The minimum absolute atomic E-state index is 0.0435. The number of H-pyrrole nitrogens is 1. The van der Waals surface area contributed by atoms with Crippen LogP contribution in [0.1, 0.15) is 32.1 Å². The largest absolute Gasteiger partial charge is 0.493 e. The minimum Gasteiger partial charge on any atom is -0.493 e. The van der Waals surface area contributed by atoms with Gasteiger partial charge in [0.05, 0.1) is 24.5 Å². The summed E-state index contributed by atoms with van der Waals surface area (Å²) in [5.74, 6) is 1.68. The zero-order valence-electron chi connectivity index (χ0n) is 10.8. The molecule has 0 aliphatic carbocycles. The van der Waals surface area contributed by atoms with E-state index in [1.807, 2.05) is 44.3 Å². The summed E-state index contributed by atoms with van der Waals surface area (Å²) in [5, 5.41) is 0. The van der Waals surface area contributed by atoms with E-state index in [2.05, 4.69) is 9.97 Å². The second-order valence-electron chi connectivity index (χ2n) is 4.13. The molecule has 2 rings (SSSR count). The Morgan fingerprint density at radius 3 is 2.83 bits per heavy atom. The lowest BCUT2D eigenvalue weighted by molar-refractivity contribution is 0.341. The molecule has 2 aromatic rings. The van der Waals surface area contributed by atoms with Gasteiger partial charge in [0.15, 0.2) is 0 Å². The zero-order chi connectivity index (χ0) is 13.0. The third-order valence-corrected chi connectivity index (χ3v) is 2.86. The number of para-hydroxylation sites is 1. The number of ether oxygens (including phenoxy) is 1. The number of hydrogen-bond acceptors (Lipinski definition) is 3. The number of benzene rings is 1. The minimum atomic E-state index is -0.0435. The van der Waals surface area contributed by atoms with E-state index < -0.39 is 0 Å². The first-order chi connectivity index (χ1) is 8.76. The highest BCUT2D eigenvalue weighted by Gasteiger charge is 2.11. The number of imidazole rings is 1. The van der Waals surface area contributed by atoms with Crippen molar-refractivity contribution in [1.82, 2.24) is 9.97 Å². The van der Waals surface area contributed by atoms with Gasteiger partial charge in [0.1, 0.15) is 11.6 Å². The molecule has 18 heavy (non-hydrogen) atoms. The Morgan fingerprint density at radius 2 is 2.11 bits per heavy atom. The fraction of sp³-hybridized carbons (Fsp3) is 0.357. The van der Waals surface area contributed by atoms with Crippen molar-refractivity contribution in [2.24, 2.45) is 5.73 Å². The van der Waals surface area contributed by atoms with Crippen molar-refractivity contribution in [3.05, 3.63) is 36.3 Å². The van der Waals surface area contributed by atoms with Crippen LogP contribution in [0.25, 0.3) is 11.3 Å². The molecule has 0 radical (unpaired) electrons. The Hall–Kier alpha value is -1.81. The molecule has 1 unspecified atom stereocenters. The predicted octanol–water partition coefficient (Wildman–Crippen LogP) is 2.89. The first-order valence-corrected chi connectivity index (χ1v) is 6.29. The highest BCUT2D eigenvalue weighted by atomic mass is 16.5. The molecular weight excluding hydrogens is 226 g/mol. The third-order valence-electron chi connectivity index (χ3n) is 2.86. The molecule has 0 aliphatic heterocycles. The highest BCUT2D eigenvalue weighted by molar-refractivity contribution is 5.66. The molecule has 0 saturated heterocycles. The quantitative estimate of drug-likeness (QED) is 0.851. The summed E-state index contributed by atoms with van der Waals surface area (Å²) in [7, 11) is 0. The molecule has 1 atom stereocenters. The molecule has 0 amide bonds. The third kappa shape index (κ3) is 2.54. The molecule has 0 bridgehead atoms. The van der Waals surface area contributed by atoms with Crippen LogP contribution in [-0.4, -0.2) is 16.6 Å². The van der Waals surface area contributed by atoms with Crippen LogP contribution in [0, 0.1) is 0 Å². The van der Waals surface area contributed by atoms with E-state index >= 15 is 0 Å². The Balaban J connectivity index is 2.33. The van der Waals surface area contributed by atoms with Gasteiger partial charge in [0.2, 0.25) is 0 Å². The highest BCUT2D eigenvalue weighted by Crippen LogP contribution is 2.29. The molecule has 4 nitrogen and oxygen atoms in total. The fourth-order valence-electron chi connectivity index (χ4n) is 1.83. The van der Waals surface area contributed by atoms with Crippen LogP contribution in [0.15, 0.2) is 30.5 Å². The van der Waals surface area contributed by atoms with E-state index in [0.29, 0.717) is 6.61 Å². The summed E-state index contributed by atoms with van der Waals surface area (Å²) in [6.45, 7) is 4.66. The number of hydrogen-bond donors (Lipinski definition) is 2. The SMILES string of the molecule is CCOc1ccccc1-c1cnc(C(N)CC)[nH]1. The van der Waals surface area contributed by atoms with E-state index in [0.717, 1.165) is 29.3 Å². The summed E-state index contributed by atoms with van der Waals surface area (Å²) in [6, 6.07) is 7.87. The van der Waals surface area contributed by atoms with Crippen molar-refractivity contribution in [2.45, 2.75) is 26.3 Å². The van der Waals surface area contributed by atoms with Crippen molar-refractivity contribution < 1.29 is 4.74 Å². The van der Waals surface area contributed by atoms with Crippen LogP contribution in [0.3, 0.4) is 0 Å². The van der Waals surface area contributed by atoms with E-state index in [1.54, 1.807) is 0 Å². The van der Waals surface area contributed by atoms with Crippen LogP contribution in [-0.2, 0) is 0 Å². The summed E-state index contributed by atoms with van der Waals surface area (Å²) < 4.78 is 5.61. The van der Waals surface area contributed by atoms with Gasteiger partial charge in [0.25, 0.3) is 0 Å². The predicted molar refractivity (Wildman–Crippen MR) is 72.4 cm³/mol. The van der Waals surface area contributed by atoms with Gasteiger partial charge in [-0.05, 0) is 25.5 Å². The number of nitrogens with two attached hydrogens (primary N) is 1. The number of aromatic amines is 1. The van der Waals surface area contributed by atoms with Crippen LogP contribution < -0.4 is 10.5 Å². The van der Waals surface area contributed by atoms with Crippen molar-refractivity contribution >= 4 is 0 Å². The first kappa shape index (κ1) is 12.6. The summed E-state index contributed by atoms with van der Waals surface area (Å²) in [6.07, 6.45) is 2.67. The lowest BCUT2D eigenvalue weighted by Gasteiger charge is -2.08. The summed E-state index contributed by atoms with van der Waals surface area (Å²) in [5.41, 5.74) is 7.92. The molecule has 0 saturated carbocycles. The molecule has 1 aromatic carbocycles. The maximum Gasteiger partial charge on any atom is 0.128 e. The lowest BCUT2D eigenvalue weighted by Crippen LogP contribution is -2.10. The maximum absolute atomic E-state index is 5.96. The van der Waals surface area contributed by atoms with Gasteiger partial charge in [-0.1, -0.05) is 19.1 Å². The molecule has 3 N–H and O–H groups in total. The normalized spacial score (nSPS) is 12.4. The van der Waals surface area contributed by atoms with E-state index in [4.69, 9.17) is 10.5 Å². The number of nitrogens with zero attached hydrogens (tertiary/aromatic N) is 1. The van der Waals surface area contributed by atoms with Crippen LogP contribution >= 0.6 is 0 Å². The Kier molecular flexibility index (Phi) is 3.99. The standard InChI is InChI=1S/C14H19N3O/c1-3-11(15)14-16-9-12(17-14)10-7-5-6-8-13(10)18-4-2/h5-9,11H,3-4,15H2,1-2H3,(H,16,17). The lowest BCUT2D eigenvalue weighted by atomic mass is 10.1. The monoisotopic (exact) mass is 245 g/mol. The second-order valence-corrected chi connectivity index (χ2v) is 4.13. The smallest absolute Gasteiger partial charge is 0.128 e. The van der Waals surface area contributed by atoms with Crippen LogP contribution in [0.4, 0.5) is 0 Å². The average Bonchev–Trinajstić information content (AvgIpc) is 2.88. The molecule has 1 aromatic heterocycles. The topological polar surface area (TPSA) is 63.9 Å². The summed E-state index contributed by atoms with van der Waals surface area (Å²) >= 11 is 0. The Morgan fingerprint density at radius 1 is 1.33 bits per heavy atom. The van der Waals surface area contributed by atoms with E-state index in [1.165, 1.54) is 0 Å². The number of nitrogens with one attached hydrogen (secondary N) is 1. The van der Waals surface area contributed by atoms with Crippen molar-refractivity contribution in [2.75, 3.05) is 6.61 Å². The first-order valence-electron chi connectivity index (χ1n) is 6.29. The zero-order valence-corrected chi connectivity index (χ0v) is 10.8. The second kappa shape index (κ2) is 5.69. The van der Waals surface area contributed by atoms with Gasteiger partial charge in [-0.25, -0.2) is 4.98 Å². The van der Waals surface area contributed by atoms with E-state index in [9.17, 15) is 0 Å². The molecule has 0 aliphatic rings. The van der Waals surface area contributed by atoms with Gasteiger partial charge >= 0.3 is 0 Å². The fourth-order valence-corrected chi connectivity index (χ4v) is 1.83. The van der Waals surface area contributed by atoms with Crippen molar-refractivity contribution in [3.63, 3.8) is 0 Å².